The third kappa shape index (κ3) is 3.97. The molecule has 20 heavy (non-hydrogen) atoms. The lowest BCUT2D eigenvalue weighted by molar-refractivity contribution is 0.142. The van der Waals surface area contributed by atoms with Crippen molar-refractivity contribution >= 4 is 0 Å². The third-order valence-corrected chi connectivity index (χ3v) is 3.99. The lowest BCUT2D eigenvalue weighted by atomic mass is 9.92. The van der Waals surface area contributed by atoms with E-state index in [1.54, 1.807) is 0 Å². The fourth-order valence-corrected chi connectivity index (χ4v) is 2.79. The van der Waals surface area contributed by atoms with Crippen LogP contribution in [0.15, 0.2) is 35.4 Å². The topological polar surface area (TPSA) is 72.2 Å². The number of nitrogens with zero attached hydrogens (tertiary/aromatic N) is 4. The van der Waals surface area contributed by atoms with Crippen LogP contribution in [0.1, 0.15) is 24.8 Å². The van der Waals surface area contributed by atoms with Crippen molar-refractivity contribution in [1.82, 2.24) is 4.90 Å². The summed E-state index contributed by atoms with van der Waals surface area (Å²) in [4.78, 5) is 5.26. The quantitative estimate of drug-likeness (QED) is 0.471. The second kappa shape index (κ2) is 7.29. The molecule has 0 spiro atoms. The van der Waals surface area contributed by atoms with Gasteiger partial charge in [-0.3, -0.25) is 0 Å². The first kappa shape index (κ1) is 14.9. The number of benzene rings is 1. The summed E-state index contributed by atoms with van der Waals surface area (Å²) >= 11 is 0. The monoisotopic (exact) mass is 274 g/mol. The Kier molecular flexibility index (Phi) is 5.41. The molecule has 1 atom stereocenters. The number of aliphatic hydroxyl groups excluding tert-OH is 1. The van der Waals surface area contributed by atoms with Gasteiger partial charge >= 0.3 is 0 Å². The number of likely N-dealkylation sites (tertiary alicyclic amines) is 1. The smallest absolute Gasteiger partial charge is 0.0847 e. The Balaban J connectivity index is 2.03. The van der Waals surface area contributed by atoms with Gasteiger partial charge in [0.25, 0.3) is 0 Å². The summed E-state index contributed by atoms with van der Waals surface area (Å²) in [6.45, 7) is 2.63. The van der Waals surface area contributed by atoms with Crippen LogP contribution in [-0.2, 0) is 6.42 Å². The summed E-state index contributed by atoms with van der Waals surface area (Å²) in [5, 5.41) is 13.7. The van der Waals surface area contributed by atoms with Gasteiger partial charge < -0.3 is 10.0 Å². The van der Waals surface area contributed by atoms with Gasteiger partial charge in [0, 0.05) is 11.5 Å². The maximum absolute atomic E-state index is 9.75. The molecule has 1 aromatic carbocycles. The van der Waals surface area contributed by atoms with Crippen molar-refractivity contribution in [2.45, 2.75) is 31.2 Å². The molecule has 0 saturated carbocycles. The summed E-state index contributed by atoms with van der Waals surface area (Å²) in [6.07, 6.45) is 3.87. The van der Waals surface area contributed by atoms with Gasteiger partial charge in [0.15, 0.2) is 0 Å². The first-order valence-corrected chi connectivity index (χ1v) is 7.21. The first-order chi connectivity index (χ1) is 9.78. The molecule has 1 aliphatic rings. The van der Waals surface area contributed by atoms with E-state index in [0.29, 0.717) is 13.0 Å². The molecular formula is C15H22N4O. The van der Waals surface area contributed by atoms with Crippen molar-refractivity contribution < 1.29 is 5.11 Å². The maximum Gasteiger partial charge on any atom is 0.0847 e. The molecule has 1 aromatic rings. The predicted molar refractivity (Wildman–Crippen MR) is 79.4 cm³/mol. The molecule has 0 amide bonds. The summed E-state index contributed by atoms with van der Waals surface area (Å²) in [5.41, 5.74) is 9.34. The van der Waals surface area contributed by atoms with E-state index in [2.05, 4.69) is 27.1 Å². The lowest BCUT2D eigenvalue weighted by Crippen LogP contribution is -2.43. The fraction of sp³-hybridized carbons (Fsp3) is 0.600. The minimum Gasteiger partial charge on any atom is -0.396 e. The van der Waals surface area contributed by atoms with Gasteiger partial charge in [0.05, 0.1) is 12.1 Å². The Hall–Kier alpha value is -1.55. The maximum atomic E-state index is 9.75. The molecule has 108 valence electrons. The molecule has 0 aromatic heterocycles. The van der Waals surface area contributed by atoms with Crippen molar-refractivity contribution in [3.05, 3.63) is 46.3 Å². The fourth-order valence-electron chi connectivity index (χ4n) is 2.79. The number of hydrogen-bond donors (Lipinski definition) is 1. The Morgan fingerprint density at radius 2 is 1.95 bits per heavy atom. The minimum atomic E-state index is -0.699. The summed E-state index contributed by atoms with van der Waals surface area (Å²) < 4.78 is 0. The largest absolute Gasteiger partial charge is 0.396 e. The highest BCUT2D eigenvalue weighted by Gasteiger charge is 2.31. The highest BCUT2D eigenvalue weighted by molar-refractivity contribution is 5.15. The van der Waals surface area contributed by atoms with Crippen molar-refractivity contribution in [2.75, 3.05) is 26.2 Å². The van der Waals surface area contributed by atoms with Gasteiger partial charge in [-0.25, -0.2) is 0 Å². The first-order valence-electron chi connectivity index (χ1n) is 7.21. The molecular weight excluding hydrogens is 252 g/mol. The number of aryl methyl sites for hydroxylation is 1. The highest BCUT2D eigenvalue weighted by atomic mass is 16.3. The Morgan fingerprint density at radius 1 is 1.25 bits per heavy atom. The Morgan fingerprint density at radius 3 is 2.55 bits per heavy atom. The normalized spacial score (nSPS) is 18.4. The van der Waals surface area contributed by atoms with E-state index >= 15 is 0 Å². The molecule has 5 heteroatoms. The molecule has 5 nitrogen and oxygen atoms in total. The van der Waals surface area contributed by atoms with Crippen LogP contribution in [-0.4, -0.2) is 41.8 Å². The van der Waals surface area contributed by atoms with Gasteiger partial charge in [-0.15, -0.1) is 0 Å². The average Bonchev–Trinajstić information content (AvgIpc) is 2.99. The third-order valence-electron chi connectivity index (χ3n) is 3.99. The molecule has 1 N–H and O–H groups in total. The van der Waals surface area contributed by atoms with Crippen molar-refractivity contribution in [3.8, 4) is 0 Å². The number of hydrogen-bond acceptors (Lipinski definition) is 3. The Labute approximate surface area is 119 Å². The van der Waals surface area contributed by atoms with Crippen LogP contribution < -0.4 is 0 Å². The van der Waals surface area contributed by atoms with Crippen LogP contribution in [0.2, 0.25) is 0 Å². The second-order valence-electron chi connectivity index (χ2n) is 5.54. The zero-order valence-electron chi connectivity index (χ0n) is 11.8. The standard InChI is InChI=1S/C15H22N4O/c16-18-17-15(13-20,12-19-10-4-5-11-19)9-8-14-6-2-1-3-7-14/h1-3,6-7,20H,4-5,8-13H2/t15-/m1/s1. The van der Waals surface area contributed by atoms with Crippen molar-refractivity contribution in [3.63, 3.8) is 0 Å². The molecule has 1 saturated heterocycles. The van der Waals surface area contributed by atoms with Crippen LogP contribution in [0, 0.1) is 0 Å². The predicted octanol–water partition coefficient (Wildman–Crippen LogP) is 2.76. The van der Waals surface area contributed by atoms with Crippen molar-refractivity contribution in [2.24, 2.45) is 5.11 Å². The summed E-state index contributed by atoms with van der Waals surface area (Å²) in [5.74, 6) is 0. The molecule has 2 rings (SSSR count). The second-order valence-corrected chi connectivity index (χ2v) is 5.54. The minimum absolute atomic E-state index is 0.0968. The van der Waals surface area contributed by atoms with Gasteiger partial charge in [-0.05, 0) is 49.9 Å². The zero-order chi connectivity index (χ0) is 14.3. The van der Waals surface area contributed by atoms with E-state index in [4.69, 9.17) is 5.53 Å². The van der Waals surface area contributed by atoms with Gasteiger partial charge in [0.2, 0.25) is 0 Å². The number of aliphatic hydroxyl groups is 1. The number of rotatable bonds is 7. The number of azide groups is 1. The molecule has 1 fully saturated rings. The molecule has 0 radical (unpaired) electrons. The molecule has 0 unspecified atom stereocenters. The van der Waals surface area contributed by atoms with Crippen LogP contribution in [0.25, 0.3) is 10.4 Å². The molecule has 1 heterocycles. The van der Waals surface area contributed by atoms with E-state index in [0.717, 1.165) is 19.5 Å². The van der Waals surface area contributed by atoms with Crippen molar-refractivity contribution in [1.29, 1.82) is 0 Å². The highest BCUT2D eigenvalue weighted by Crippen LogP contribution is 2.23. The van der Waals surface area contributed by atoms with Crippen LogP contribution >= 0.6 is 0 Å². The zero-order valence-corrected chi connectivity index (χ0v) is 11.8. The van der Waals surface area contributed by atoms with E-state index in [1.165, 1.54) is 18.4 Å². The van der Waals surface area contributed by atoms with Crippen LogP contribution in [0.3, 0.4) is 0 Å². The summed E-state index contributed by atoms with van der Waals surface area (Å²) in [7, 11) is 0. The van der Waals surface area contributed by atoms with E-state index in [-0.39, 0.29) is 6.61 Å². The molecule has 0 aliphatic carbocycles. The molecule has 0 bridgehead atoms. The van der Waals surface area contributed by atoms with Crippen LogP contribution in [0.4, 0.5) is 0 Å². The van der Waals surface area contributed by atoms with Gasteiger partial charge in [-0.1, -0.05) is 35.4 Å². The van der Waals surface area contributed by atoms with Gasteiger partial charge in [0.1, 0.15) is 0 Å². The summed E-state index contributed by atoms with van der Waals surface area (Å²) in [6, 6.07) is 10.1. The van der Waals surface area contributed by atoms with Crippen LogP contribution in [0.5, 0.6) is 0 Å². The SMILES string of the molecule is [N-]=[N+]=N[C@](CO)(CCc1ccccc1)CN1CCCC1. The van der Waals surface area contributed by atoms with E-state index in [1.807, 2.05) is 18.2 Å². The average molecular weight is 274 g/mol. The molecule has 1 aliphatic heterocycles. The van der Waals surface area contributed by atoms with E-state index < -0.39 is 5.54 Å². The van der Waals surface area contributed by atoms with Gasteiger partial charge in [-0.2, -0.15) is 0 Å². The van der Waals surface area contributed by atoms with E-state index in [9.17, 15) is 5.11 Å². The Bertz CT molecular complexity index is 452. The lowest BCUT2D eigenvalue weighted by Gasteiger charge is -2.31.